The van der Waals surface area contributed by atoms with E-state index in [0.29, 0.717) is 39.1 Å². The first-order valence-electron chi connectivity index (χ1n) is 7.71. The molecule has 2 heterocycles. The lowest BCUT2D eigenvalue weighted by Gasteiger charge is -2.37. The number of hydrogen-bond acceptors (Lipinski definition) is 6. The van der Waals surface area contributed by atoms with Crippen molar-refractivity contribution in [3.05, 3.63) is 22.5 Å². The van der Waals surface area contributed by atoms with Crippen LogP contribution in [0.1, 0.15) is 18.9 Å². The Morgan fingerprint density at radius 3 is 2.79 bits per heavy atom. The monoisotopic (exact) mass is 362 g/mol. The molecule has 1 aliphatic heterocycles. The summed E-state index contributed by atoms with van der Waals surface area (Å²) >= 11 is 0. The van der Waals surface area contributed by atoms with Crippen LogP contribution in [0.3, 0.4) is 0 Å². The van der Waals surface area contributed by atoms with Gasteiger partial charge in [0.15, 0.2) is 11.6 Å². The Morgan fingerprint density at radius 2 is 2.12 bits per heavy atom. The number of nitrogens with zero attached hydrogens (tertiary/aromatic N) is 3. The van der Waals surface area contributed by atoms with E-state index in [-0.39, 0.29) is 18.6 Å². The normalized spacial score (nSPS) is 27.4. The van der Waals surface area contributed by atoms with E-state index in [1.165, 1.54) is 9.24 Å². The third kappa shape index (κ3) is 3.68. The standard InChI is InChI=1S/C13H20FN4O5P/c14-11-7-18(13(19)16-12(11)15)10-5-9(6-10)8-23-24(20,21)17-1-3-22-4-2-17/h7,9-10H,1-6,8H2,(H,20,21)(H2,15,16,19)/t9-,10+. The van der Waals surface area contributed by atoms with Gasteiger partial charge in [-0.2, -0.15) is 4.98 Å². The molecule has 3 rings (SSSR count). The van der Waals surface area contributed by atoms with Crippen molar-refractivity contribution in [3.63, 3.8) is 0 Å². The van der Waals surface area contributed by atoms with Gasteiger partial charge in [-0.25, -0.2) is 18.4 Å². The summed E-state index contributed by atoms with van der Waals surface area (Å²) in [5, 5.41) is 0. The molecule has 3 N–H and O–H groups in total. The second kappa shape index (κ2) is 6.89. The second-order valence-electron chi connectivity index (χ2n) is 6.01. The first kappa shape index (κ1) is 17.5. The van der Waals surface area contributed by atoms with Gasteiger partial charge in [0.2, 0.25) is 0 Å². The highest BCUT2D eigenvalue weighted by Crippen LogP contribution is 2.48. The Morgan fingerprint density at radius 1 is 1.46 bits per heavy atom. The van der Waals surface area contributed by atoms with Crippen molar-refractivity contribution in [2.45, 2.75) is 18.9 Å². The summed E-state index contributed by atoms with van der Waals surface area (Å²) in [6.07, 6.45) is 2.15. The van der Waals surface area contributed by atoms with E-state index in [0.717, 1.165) is 6.20 Å². The SMILES string of the molecule is Nc1nc(=O)n([C@H]2C[C@@H](COP(=O)(O)N3CCOCC3)C2)cc1F. The number of anilines is 1. The van der Waals surface area contributed by atoms with Gasteiger partial charge in [-0.15, -0.1) is 0 Å². The average molecular weight is 362 g/mol. The van der Waals surface area contributed by atoms with Crippen molar-refractivity contribution in [1.29, 1.82) is 0 Å². The maximum Gasteiger partial charge on any atom is 0.405 e. The van der Waals surface area contributed by atoms with Gasteiger partial charge in [-0.3, -0.25) is 9.09 Å². The van der Waals surface area contributed by atoms with Crippen LogP contribution < -0.4 is 11.4 Å². The fraction of sp³-hybridized carbons (Fsp3) is 0.692. The summed E-state index contributed by atoms with van der Waals surface area (Å²) in [4.78, 5) is 25.1. The molecule has 1 saturated heterocycles. The fourth-order valence-electron chi connectivity index (χ4n) is 2.87. The molecule has 24 heavy (non-hydrogen) atoms. The summed E-state index contributed by atoms with van der Waals surface area (Å²) in [5.41, 5.74) is 4.65. The van der Waals surface area contributed by atoms with E-state index >= 15 is 0 Å². The highest BCUT2D eigenvalue weighted by molar-refractivity contribution is 7.50. The Labute approximate surface area is 137 Å². The molecule has 134 valence electrons. The lowest BCUT2D eigenvalue weighted by molar-refractivity contribution is 0.0473. The van der Waals surface area contributed by atoms with E-state index in [4.69, 9.17) is 15.0 Å². The molecule has 1 atom stereocenters. The number of rotatable bonds is 5. The van der Waals surface area contributed by atoms with Crippen molar-refractivity contribution in [2.24, 2.45) is 5.92 Å². The molecule has 1 aromatic rings. The number of halogens is 1. The Balaban J connectivity index is 1.51. The summed E-state index contributed by atoms with van der Waals surface area (Å²) in [6, 6.07) is -0.199. The highest BCUT2D eigenvalue weighted by atomic mass is 31.2. The number of nitrogen functional groups attached to an aromatic ring is 1. The van der Waals surface area contributed by atoms with Crippen LogP contribution in [0, 0.1) is 11.7 Å². The Bertz CT molecular complexity index is 702. The number of aromatic nitrogens is 2. The molecule has 0 amide bonds. The number of ether oxygens (including phenoxy) is 1. The zero-order valence-electron chi connectivity index (χ0n) is 13.0. The van der Waals surface area contributed by atoms with Gasteiger partial charge in [0.1, 0.15) is 0 Å². The van der Waals surface area contributed by atoms with Crippen LogP contribution in [0.15, 0.2) is 11.0 Å². The smallest absolute Gasteiger partial charge is 0.381 e. The number of hydrogen-bond donors (Lipinski definition) is 2. The molecule has 0 radical (unpaired) electrons. The van der Waals surface area contributed by atoms with Gasteiger partial charge in [-0.05, 0) is 18.8 Å². The lowest BCUT2D eigenvalue weighted by Crippen LogP contribution is -2.38. The van der Waals surface area contributed by atoms with Crippen LogP contribution in [0.2, 0.25) is 0 Å². The van der Waals surface area contributed by atoms with Crippen LogP contribution in [0.5, 0.6) is 0 Å². The lowest BCUT2D eigenvalue weighted by atomic mass is 9.81. The van der Waals surface area contributed by atoms with Gasteiger partial charge in [-0.1, -0.05) is 0 Å². The van der Waals surface area contributed by atoms with Crippen LogP contribution >= 0.6 is 7.75 Å². The molecule has 1 saturated carbocycles. The Kier molecular flexibility index (Phi) is 5.03. The Hall–Kier alpha value is -1.32. The largest absolute Gasteiger partial charge is 0.405 e. The minimum absolute atomic E-state index is 0.0315. The first-order valence-corrected chi connectivity index (χ1v) is 9.24. The van der Waals surface area contributed by atoms with Gasteiger partial charge in [0.05, 0.1) is 19.8 Å². The molecule has 0 aromatic carbocycles. The van der Waals surface area contributed by atoms with Crippen molar-refractivity contribution < 1.29 is 23.1 Å². The molecule has 2 aliphatic rings. The summed E-state index contributed by atoms with van der Waals surface area (Å²) in [6.45, 7) is 1.62. The molecular weight excluding hydrogens is 342 g/mol. The maximum atomic E-state index is 13.4. The topological polar surface area (TPSA) is 120 Å². The van der Waals surface area contributed by atoms with Gasteiger partial charge >= 0.3 is 13.4 Å². The quantitative estimate of drug-likeness (QED) is 0.721. The first-order chi connectivity index (χ1) is 11.4. The molecule has 0 spiro atoms. The van der Waals surface area contributed by atoms with E-state index in [1.807, 2.05) is 0 Å². The second-order valence-corrected chi connectivity index (χ2v) is 7.81. The summed E-state index contributed by atoms with van der Waals surface area (Å²) < 4.78 is 38.6. The molecule has 1 unspecified atom stereocenters. The maximum absolute atomic E-state index is 13.4. The minimum Gasteiger partial charge on any atom is -0.381 e. The molecule has 9 nitrogen and oxygen atoms in total. The van der Waals surface area contributed by atoms with Crippen molar-refractivity contribution in [1.82, 2.24) is 14.2 Å². The minimum atomic E-state index is -3.82. The van der Waals surface area contributed by atoms with Gasteiger partial charge in [0.25, 0.3) is 0 Å². The van der Waals surface area contributed by atoms with E-state index < -0.39 is 25.1 Å². The van der Waals surface area contributed by atoms with Crippen LogP contribution in [0.25, 0.3) is 0 Å². The number of nitrogens with two attached hydrogens (primary N) is 1. The molecule has 11 heteroatoms. The van der Waals surface area contributed by atoms with Crippen LogP contribution in [-0.4, -0.2) is 52.0 Å². The fourth-order valence-corrected chi connectivity index (χ4v) is 4.11. The van der Waals surface area contributed by atoms with Crippen molar-refractivity contribution >= 4 is 13.6 Å². The molecule has 1 aromatic heterocycles. The molecular formula is C13H20FN4O5P. The van der Waals surface area contributed by atoms with Gasteiger partial charge in [0, 0.05) is 25.3 Å². The summed E-state index contributed by atoms with van der Waals surface area (Å²) in [5.74, 6) is -1.12. The third-order valence-electron chi connectivity index (χ3n) is 4.36. The van der Waals surface area contributed by atoms with E-state index in [2.05, 4.69) is 4.98 Å². The molecule has 1 aliphatic carbocycles. The zero-order chi connectivity index (χ0) is 17.3. The van der Waals surface area contributed by atoms with Gasteiger partial charge < -0.3 is 15.4 Å². The van der Waals surface area contributed by atoms with E-state index in [9.17, 15) is 18.6 Å². The van der Waals surface area contributed by atoms with Crippen LogP contribution in [0.4, 0.5) is 10.2 Å². The highest BCUT2D eigenvalue weighted by Gasteiger charge is 2.36. The predicted octanol–water partition coefficient (Wildman–Crippen LogP) is 0.365. The average Bonchev–Trinajstić information content (AvgIpc) is 2.51. The van der Waals surface area contributed by atoms with E-state index in [1.54, 1.807) is 0 Å². The molecule has 2 fully saturated rings. The van der Waals surface area contributed by atoms with Crippen molar-refractivity contribution in [3.8, 4) is 0 Å². The van der Waals surface area contributed by atoms with Crippen molar-refractivity contribution in [2.75, 3.05) is 38.6 Å². The zero-order valence-corrected chi connectivity index (χ0v) is 13.9. The molecule has 0 bridgehead atoms. The number of morpholine rings is 1. The predicted molar refractivity (Wildman–Crippen MR) is 82.8 cm³/mol. The third-order valence-corrected chi connectivity index (χ3v) is 5.96. The van der Waals surface area contributed by atoms with Crippen LogP contribution in [-0.2, 0) is 13.8 Å². The summed E-state index contributed by atoms with van der Waals surface area (Å²) in [7, 11) is -3.82.